The molecule has 0 unspecified atom stereocenters. The number of hydrogen-bond donors (Lipinski definition) is 0. The zero-order valence-electron chi connectivity index (χ0n) is 10.9. The summed E-state index contributed by atoms with van der Waals surface area (Å²) in [4.78, 5) is 3.89. The molecule has 0 heterocycles. The van der Waals surface area contributed by atoms with Crippen molar-refractivity contribution in [2.45, 2.75) is 6.92 Å². The fraction of sp³-hybridized carbons (Fsp3) is 0.0556. The summed E-state index contributed by atoms with van der Waals surface area (Å²) < 4.78 is 0. The molecule has 0 saturated heterocycles. The molecule has 19 heavy (non-hydrogen) atoms. The van der Waals surface area contributed by atoms with Gasteiger partial charge in [0.15, 0.2) is 0 Å². The number of rotatable bonds is 1. The summed E-state index contributed by atoms with van der Waals surface area (Å²) >= 11 is 0. The highest BCUT2D eigenvalue weighted by Gasteiger charge is 1.98. The summed E-state index contributed by atoms with van der Waals surface area (Å²) in [5.74, 6) is 0. The van der Waals surface area contributed by atoms with E-state index in [0.29, 0.717) is 0 Å². The number of fused-ring (bicyclic) bond motifs is 2. The van der Waals surface area contributed by atoms with Crippen LogP contribution in [0.15, 0.2) is 53.5 Å². The van der Waals surface area contributed by atoms with Gasteiger partial charge in [-0.3, -0.25) is 4.99 Å². The van der Waals surface area contributed by atoms with E-state index in [-0.39, 0.29) is 0 Å². The highest BCUT2D eigenvalue weighted by atomic mass is 14.6. The van der Waals surface area contributed by atoms with E-state index in [1.165, 1.54) is 26.8 Å². The third kappa shape index (κ3) is 2.04. The summed E-state index contributed by atoms with van der Waals surface area (Å²) in [7, 11) is 0. The Kier molecular flexibility index (Phi) is 2.88. The molecule has 3 rings (SSSR count). The standard InChI is InChI=1S/C18H15N/c1-3-13-8-16-9-14-6-4-5-7-15(14)10-17(16)11-18(13)12-19-2/h3-12H,2H2,1H3. The molecule has 0 amide bonds. The van der Waals surface area contributed by atoms with E-state index < -0.39 is 0 Å². The SMILES string of the molecule is C=NC=c1cc2cc3ccccc3cc2cc1=CC. The third-order valence-corrected chi connectivity index (χ3v) is 3.45. The van der Waals surface area contributed by atoms with Gasteiger partial charge in [-0.05, 0) is 64.7 Å². The van der Waals surface area contributed by atoms with E-state index >= 15 is 0 Å². The predicted molar refractivity (Wildman–Crippen MR) is 84.9 cm³/mol. The van der Waals surface area contributed by atoms with Crippen LogP contribution in [0.3, 0.4) is 0 Å². The molecular weight excluding hydrogens is 230 g/mol. The molecular formula is C18H15N. The van der Waals surface area contributed by atoms with Gasteiger partial charge >= 0.3 is 0 Å². The largest absolute Gasteiger partial charge is 0.272 e. The van der Waals surface area contributed by atoms with Crippen LogP contribution in [0, 0.1) is 0 Å². The Morgan fingerprint density at radius 3 is 1.95 bits per heavy atom. The van der Waals surface area contributed by atoms with Crippen LogP contribution in [0.1, 0.15) is 6.92 Å². The summed E-state index contributed by atoms with van der Waals surface area (Å²) in [6.07, 6.45) is 3.91. The molecule has 0 aliphatic carbocycles. The molecule has 0 N–H and O–H groups in total. The van der Waals surface area contributed by atoms with Gasteiger partial charge in [-0.2, -0.15) is 0 Å². The van der Waals surface area contributed by atoms with Crippen molar-refractivity contribution in [2.24, 2.45) is 4.99 Å². The second kappa shape index (κ2) is 4.69. The van der Waals surface area contributed by atoms with Gasteiger partial charge in [0.05, 0.1) is 0 Å². The topological polar surface area (TPSA) is 12.4 Å². The first kappa shape index (κ1) is 11.7. The average molecular weight is 245 g/mol. The normalized spacial score (nSPS) is 13.3. The van der Waals surface area contributed by atoms with Crippen molar-refractivity contribution in [3.63, 3.8) is 0 Å². The summed E-state index contributed by atoms with van der Waals surface area (Å²) in [5.41, 5.74) is 0. The van der Waals surface area contributed by atoms with Crippen LogP contribution in [0.2, 0.25) is 0 Å². The maximum absolute atomic E-state index is 3.89. The van der Waals surface area contributed by atoms with Crippen molar-refractivity contribution in [1.82, 2.24) is 0 Å². The van der Waals surface area contributed by atoms with Gasteiger partial charge in [0.25, 0.3) is 0 Å². The zero-order chi connectivity index (χ0) is 13.2. The predicted octanol–water partition coefficient (Wildman–Crippen LogP) is 3.23. The first-order chi connectivity index (χ1) is 9.31. The molecule has 0 atom stereocenters. The number of hydrogen-bond acceptors (Lipinski definition) is 1. The van der Waals surface area contributed by atoms with Gasteiger partial charge in [-0.25, -0.2) is 0 Å². The monoisotopic (exact) mass is 245 g/mol. The molecule has 0 spiro atoms. The van der Waals surface area contributed by atoms with Crippen molar-refractivity contribution < 1.29 is 0 Å². The van der Waals surface area contributed by atoms with E-state index in [4.69, 9.17) is 0 Å². The quantitative estimate of drug-likeness (QED) is 0.461. The zero-order valence-corrected chi connectivity index (χ0v) is 10.9. The molecule has 3 aromatic carbocycles. The highest BCUT2D eigenvalue weighted by molar-refractivity contribution is 5.98. The second-order valence-electron chi connectivity index (χ2n) is 4.63. The Morgan fingerprint density at radius 1 is 0.842 bits per heavy atom. The molecule has 1 heteroatoms. The molecule has 0 aliphatic rings. The van der Waals surface area contributed by atoms with E-state index in [1.54, 1.807) is 0 Å². The van der Waals surface area contributed by atoms with Crippen LogP contribution < -0.4 is 10.4 Å². The minimum absolute atomic E-state index is 1.11. The fourth-order valence-corrected chi connectivity index (χ4v) is 2.49. The fourth-order valence-electron chi connectivity index (χ4n) is 2.49. The van der Waals surface area contributed by atoms with Crippen molar-refractivity contribution in [1.29, 1.82) is 0 Å². The Balaban J connectivity index is 2.49. The lowest BCUT2D eigenvalue weighted by Gasteiger charge is -2.03. The van der Waals surface area contributed by atoms with Crippen LogP contribution in [0.4, 0.5) is 0 Å². The van der Waals surface area contributed by atoms with Gasteiger partial charge in [0.1, 0.15) is 0 Å². The van der Waals surface area contributed by atoms with Crippen LogP contribution in [-0.2, 0) is 0 Å². The minimum Gasteiger partial charge on any atom is -0.272 e. The van der Waals surface area contributed by atoms with E-state index in [0.717, 1.165) is 5.22 Å². The van der Waals surface area contributed by atoms with Gasteiger partial charge in [0, 0.05) is 11.4 Å². The Morgan fingerprint density at radius 2 is 1.42 bits per heavy atom. The lowest BCUT2D eigenvalue weighted by atomic mass is 10.0. The first-order valence-corrected chi connectivity index (χ1v) is 6.37. The minimum atomic E-state index is 1.11. The van der Waals surface area contributed by atoms with Crippen LogP contribution in [0.25, 0.3) is 33.8 Å². The Bertz CT molecular complexity index is 889. The van der Waals surface area contributed by atoms with E-state index in [9.17, 15) is 0 Å². The maximum atomic E-state index is 3.89. The summed E-state index contributed by atoms with van der Waals surface area (Å²) in [6, 6.07) is 17.3. The molecule has 92 valence electrons. The second-order valence-corrected chi connectivity index (χ2v) is 4.63. The van der Waals surface area contributed by atoms with Crippen molar-refractivity contribution in [3.05, 3.63) is 59.0 Å². The van der Waals surface area contributed by atoms with Gasteiger partial charge in [-0.1, -0.05) is 30.3 Å². The summed E-state index contributed by atoms with van der Waals surface area (Å²) in [6.45, 7) is 5.59. The maximum Gasteiger partial charge on any atom is 0.0339 e. The van der Waals surface area contributed by atoms with Crippen molar-refractivity contribution >= 4 is 40.5 Å². The molecule has 0 bridgehead atoms. The molecule has 0 aliphatic heterocycles. The van der Waals surface area contributed by atoms with Gasteiger partial charge in [0.2, 0.25) is 0 Å². The molecule has 3 aromatic rings. The average Bonchev–Trinajstić information content (AvgIpc) is 2.45. The summed E-state index contributed by atoms with van der Waals surface area (Å²) in [5, 5.41) is 7.33. The van der Waals surface area contributed by atoms with Crippen molar-refractivity contribution in [3.8, 4) is 0 Å². The molecule has 0 saturated carbocycles. The van der Waals surface area contributed by atoms with Gasteiger partial charge < -0.3 is 0 Å². The van der Waals surface area contributed by atoms with Crippen molar-refractivity contribution in [2.75, 3.05) is 0 Å². The van der Waals surface area contributed by atoms with Crippen LogP contribution in [-0.4, -0.2) is 6.72 Å². The Labute approximate surface area is 112 Å². The molecule has 1 nitrogen and oxygen atoms in total. The molecule has 0 radical (unpaired) electrons. The third-order valence-electron chi connectivity index (χ3n) is 3.45. The van der Waals surface area contributed by atoms with Gasteiger partial charge in [-0.15, -0.1) is 0 Å². The number of nitrogens with zero attached hydrogens (tertiary/aromatic N) is 1. The Hall–Kier alpha value is -2.41. The lowest BCUT2D eigenvalue weighted by molar-refractivity contribution is 1.53. The van der Waals surface area contributed by atoms with E-state index in [2.05, 4.69) is 66.3 Å². The molecule has 0 fully saturated rings. The number of aliphatic imine (C=N–C) groups is 1. The highest BCUT2D eigenvalue weighted by Crippen LogP contribution is 2.20. The number of benzene rings is 3. The van der Waals surface area contributed by atoms with Crippen LogP contribution in [0.5, 0.6) is 0 Å². The molecule has 0 aromatic heterocycles. The first-order valence-electron chi connectivity index (χ1n) is 6.37. The van der Waals surface area contributed by atoms with Crippen LogP contribution >= 0.6 is 0 Å². The lowest BCUT2D eigenvalue weighted by Crippen LogP contribution is -2.23. The smallest absolute Gasteiger partial charge is 0.0339 e. The van der Waals surface area contributed by atoms with E-state index in [1.807, 2.05) is 13.1 Å².